The van der Waals surface area contributed by atoms with Gasteiger partial charge in [-0.3, -0.25) is 0 Å². The van der Waals surface area contributed by atoms with Gasteiger partial charge in [0, 0.05) is 21.8 Å². The molecular weight excluding hydrogens is 316 g/mol. The number of rotatable bonds is 5. The molecule has 23 heavy (non-hydrogen) atoms. The molecule has 6 nitrogen and oxygen atoms in total. The Morgan fingerprint density at radius 3 is 2.65 bits per heavy atom. The Kier molecular flexibility index (Phi) is 5.44. The number of carbonyl (C=O) groups is 2. The summed E-state index contributed by atoms with van der Waals surface area (Å²) in [6.45, 7) is 6.05. The van der Waals surface area contributed by atoms with E-state index in [9.17, 15) is 9.59 Å². The summed E-state index contributed by atoms with van der Waals surface area (Å²) in [5.74, 6) is 0.0639. The van der Waals surface area contributed by atoms with Crippen molar-refractivity contribution in [1.82, 2.24) is 5.32 Å². The van der Waals surface area contributed by atoms with Gasteiger partial charge in [-0.15, -0.1) is 11.3 Å². The molecule has 0 spiro atoms. The van der Waals surface area contributed by atoms with Crippen LogP contribution in [0.2, 0.25) is 0 Å². The number of anilines is 1. The van der Waals surface area contributed by atoms with Crippen molar-refractivity contribution in [1.29, 1.82) is 0 Å². The molecule has 2 rings (SSSR count). The lowest BCUT2D eigenvalue weighted by Gasteiger charge is -2.10. The normalized spacial score (nSPS) is 10.7. The number of amides is 2. The summed E-state index contributed by atoms with van der Waals surface area (Å²) in [6, 6.07) is 5.20. The monoisotopic (exact) mass is 336 g/mol. The number of nitrogens with one attached hydrogen (secondary N) is 2. The largest absolute Gasteiger partial charge is 0.491 e. The van der Waals surface area contributed by atoms with E-state index < -0.39 is 5.97 Å². The third-order valence-electron chi connectivity index (χ3n) is 2.98. The van der Waals surface area contributed by atoms with E-state index in [1.807, 2.05) is 26.8 Å². The zero-order valence-electron chi connectivity index (χ0n) is 13.6. The molecule has 0 aliphatic carbocycles. The number of urea groups is 1. The Morgan fingerprint density at radius 1 is 1.30 bits per heavy atom. The molecule has 0 aliphatic heterocycles. The fourth-order valence-electron chi connectivity index (χ4n) is 2.10. The van der Waals surface area contributed by atoms with Crippen molar-refractivity contribution in [2.75, 3.05) is 19.0 Å². The van der Waals surface area contributed by atoms with E-state index in [1.54, 1.807) is 12.1 Å². The van der Waals surface area contributed by atoms with E-state index in [4.69, 9.17) is 9.47 Å². The number of methoxy groups -OCH3 is 1. The van der Waals surface area contributed by atoms with Crippen molar-refractivity contribution in [3.8, 4) is 5.75 Å². The Hall–Kier alpha value is -2.28. The highest BCUT2D eigenvalue weighted by molar-refractivity contribution is 7.21. The standard InChI is InChI=1S/C16H20N2O4S/c1-5-22-13-11-8-10(18-16(20)17-9(2)3)6-7-12(11)23-14(13)15(19)21-4/h6-9H,5H2,1-4H3,(H2,17,18,20). The first-order chi connectivity index (χ1) is 11.0. The quantitative estimate of drug-likeness (QED) is 0.818. The molecule has 0 radical (unpaired) electrons. The molecule has 1 heterocycles. The zero-order chi connectivity index (χ0) is 17.0. The molecule has 2 N–H and O–H groups in total. The number of thiophene rings is 1. The fraction of sp³-hybridized carbons (Fsp3) is 0.375. The number of ether oxygens (including phenoxy) is 2. The first-order valence-corrected chi connectivity index (χ1v) is 8.13. The van der Waals surface area contributed by atoms with Crippen LogP contribution in [0.5, 0.6) is 5.75 Å². The van der Waals surface area contributed by atoms with Crippen molar-refractivity contribution in [2.45, 2.75) is 26.8 Å². The molecule has 2 amide bonds. The number of fused-ring (bicyclic) bond motifs is 1. The minimum atomic E-state index is -0.429. The second-order valence-corrected chi connectivity index (χ2v) is 6.20. The van der Waals surface area contributed by atoms with E-state index in [0.717, 1.165) is 10.1 Å². The van der Waals surface area contributed by atoms with Crippen LogP contribution in [0, 0.1) is 0 Å². The molecule has 0 fully saturated rings. The average molecular weight is 336 g/mol. The molecule has 1 aromatic carbocycles. The highest BCUT2D eigenvalue weighted by Gasteiger charge is 2.20. The number of carbonyl (C=O) groups excluding carboxylic acids is 2. The first kappa shape index (κ1) is 17.1. The van der Waals surface area contributed by atoms with Gasteiger partial charge < -0.3 is 20.1 Å². The van der Waals surface area contributed by atoms with Crippen LogP contribution in [0.1, 0.15) is 30.4 Å². The lowest BCUT2D eigenvalue weighted by atomic mass is 10.2. The SMILES string of the molecule is CCOc1c(C(=O)OC)sc2ccc(NC(=O)NC(C)C)cc12. The lowest BCUT2D eigenvalue weighted by molar-refractivity contribution is 0.0602. The summed E-state index contributed by atoms with van der Waals surface area (Å²) < 4.78 is 11.3. The second kappa shape index (κ2) is 7.32. The van der Waals surface area contributed by atoms with Crippen LogP contribution in [0.15, 0.2) is 18.2 Å². The van der Waals surface area contributed by atoms with Gasteiger partial charge in [0.1, 0.15) is 0 Å². The van der Waals surface area contributed by atoms with Crippen LogP contribution in [-0.4, -0.2) is 31.8 Å². The molecule has 2 aromatic rings. The number of esters is 1. The number of benzene rings is 1. The first-order valence-electron chi connectivity index (χ1n) is 7.31. The average Bonchev–Trinajstić information content (AvgIpc) is 2.84. The Balaban J connectivity index is 2.39. The third kappa shape index (κ3) is 3.92. The van der Waals surface area contributed by atoms with Gasteiger partial charge in [-0.05, 0) is 39.0 Å². The molecule has 1 aromatic heterocycles. The Bertz CT molecular complexity index is 724. The van der Waals surface area contributed by atoms with Gasteiger partial charge in [0.05, 0.1) is 13.7 Å². The number of hydrogen-bond donors (Lipinski definition) is 2. The van der Waals surface area contributed by atoms with Crippen molar-refractivity contribution in [3.05, 3.63) is 23.1 Å². The second-order valence-electron chi connectivity index (χ2n) is 5.15. The predicted molar refractivity (Wildman–Crippen MR) is 91.6 cm³/mol. The summed E-state index contributed by atoms with van der Waals surface area (Å²) in [5, 5.41) is 6.31. The summed E-state index contributed by atoms with van der Waals surface area (Å²) in [7, 11) is 1.34. The van der Waals surface area contributed by atoms with Crippen LogP contribution in [-0.2, 0) is 4.74 Å². The van der Waals surface area contributed by atoms with Crippen LogP contribution < -0.4 is 15.4 Å². The molecule has 0 saturated heterocycles. The molecule has 0 aliphatic rings. The van der Waals surface area contributed by atoms with Gasteiger partial charge in [-0.1, -0.05) is 0 Å². The van der Waals surface area contributed by atoms with E-state index in [1.165, 1.54) is 18.4 Å². The van der Waals surface area contributed by atoms with E-state index in [0.29, 0.717) is 22.9 Å². The van der Waals surface area contributed by atoms with Crippen LogP contribution in [0.4, 0.5) is 10.5 Å². The minimum absolute atomic E-state index is 0.0461. The van der Waals surface area contributed by atoms with E-state index >= 15 is 0 Å². The highest BCUT2D eigenvalue weighted by atomic mass is 32.1. The maximum Gasteiger partial charge on any atom is 0.351 e. The molecule has 0 saturated carbocycles. The van der Waals surface area contributed by atoms with Crippen molar-refractivity contribution in [2.24, 2.45) is 0 Å². The predicted octanol–water partition coefficient (Wildman–Crippen LogP) is 3.62. The van der Waals surface area contributed by atoms with Crippen molar-refractivity contribution >= 4 is 39.1 Å². The Morgan fingerprint density at radius 2 is 2.04 bits per heavy atom. The zero-order valence-corrected chi connectivity index (χ0v) is 14.4. The van der Waals surface area contributed by atoms with Crippen molar-refractivity contribution in [3.63, 3.8) is 0 Å². The van der Waals surface area contributed by atoms with Gasteiger partial charge >= 0.3 is 12.0 Å². The van der Waals surface area contributed by atoms with Gasteiger partial charge in [-0.25, -0.2) is 9.59 Å². The molecule has 7 heteroatoms. The van der Waals surface area contributed by atoms with Gasteiger partial charge in [0.2, 0.25) is 0 Å². The Labute approximate surface area is 138 Å². The maximum atomic E-state index is 11.9. The van der Waals surface area contributed by atoms with Gasteiger partial charge in [0.15, 0.2) is 10.6 Å². The molecule has 0 bridgehead atoms. The lowest BCUT2D eigenvalue weighted by Crippen LogP contribution is -2.34. The summed E-state index contributed by atoms with van der Waals surface area (Å²) >= 11 is 1.31. The summed E-state index contributed by atoms with van der Waals surface area (Å²) in [4.78, 5) is 24.1. The van der Waals surface area contributed by atoms with Crippen LogP contribution in [0.3, 0.4) is 0 Å². The fourth-order valence-corrected chi connectivity index (χ4v) is 3.14. The van der Waals surface area contributed by atoms with Crippen LogP contribution >= 0.6 is 11.3 Å². The van der Waals surface area contributed by atoms with Gasteiger partial charge in [-0.2, -0.15) is 0 Å². The molecular formula is C16H20N2O4S. The van der Waals surface area contributed by atoms with Gasteiger partial charge in [0.25, 0.3) is 0 Å². The topological polar surface area (TPSA) is 76.7 Å². The summed E-state index contributed by atoms with van der Waals surface area (Å²) in [5.41, 5.74) is 0.630. The minimum Gasteiger partial charge on any atom is -0.491 e. The molecule has 0 unspecified atom stereocenters. The van der Waals surface area contributed by atoms with Crippen LogP contribution in [0.25, 0.3) is 10.1 Å². The number of hydrogen-bond acceptors (Lipinski definition) is 5. The third-order valence-corrected chi connectivity index (χ3v) is 4.11. The molecule has 124 valence electrons. The van der Waals surface area contributed by atoms with E-state index in [2.05, 4.69) is 10.6 Å². The highest BCUT2D eigenvalue weighted by Crippen LogP contribution is 2.39. The smallest absolute Gasteiger partial charge is 0.351 e. The summed E-state index contributed by atoms with van der Waals surface area (Å²) in [6.07, 6.45) is 0. The van der Waals surface area contributed by atoms with Crippen molar-refractivity contribution < 1.29 is 19.1 Å². The molecule has 0 atom stereocenters. The van der Waals surface area contributed by atoms with E-state index in [-0.39, 0.29) is 12.1 Å². The maximum absolute atomic E-state index is 11.9.